The molecule has 1 N–H and O–H groups in total. The third-order valence-electron chi connectivity index (χ3n) is 2.67. The molecule has 1 aromatic carbocycles. The van der Waals surface area contributed by atoms with Gasteiger partial charge in [0.05, 0.1) is 0 Å². The third kappa shape index (κ3) is 4.40. The first kappa shape index (κ1) is 14.2. The first-order chi connectivity index (χ1) is 9.15. The molecule has 1 aromatic heterocycles. The maximum atomic E-state index is 4.42. The molecule has 0 bridgehead atoms. The van der Waals surface area contributed by atoms with Crippen LogP contribution in [-0.2, 0) is 6.54 Å². The van der Waals surface area contributed by atoms with E-state index in [1.54, 1.807) is 0 Å². The van der Waals surface area contributed by atoms with Crippen LogP contribution in [0.25, 0.3) is 11.4 Å². The average Bonchev–Trinajstić information content (AvgIpc) is 2.39. The van der Waals surface area contributed by atoms with Gasteiger partial charge in [-0.15, -0.1) is 0 Å². The number of benzene rings is 1. The minimum Gasteiger partial charge on any atom is -0.312 e. The van der Waals surface area contributed by atoms with Crippen LogP contribution in [0.1, 0.15) is 19.4 Å². The zero-order chi connectivity index (χ0) is 13.7. The Morgan fingerprint density at radius 1 is 1.21 bits per heavy atom. The number of halogens is 1. The van der Waals surface area contributed by atoms with Crippen molar-refractivity contribution in [3.63, 3.8) is 0 Å². The molecule has 1 heterocycles. The lowest BCUT2D eigenvalue weighted by molar-refractivity contribution is 0.551. The number of rotatable bonds is 5. The van der Waals surface area contributed by atoms with E-state index in [4.69, 9.17) is 0 Å². The van der Waals surface area contributed by atoms with Crippen LogP contribution in [0, 0.1) is 5.92 Å². The van der Waals surface area contributed by atoms with Crippen molar-refractivity contribution in [2.24, 2.45) is 5.92 Å². The van der Waals surface area contributed by atoms with Crippen LogP contribution in [0.5, 0.6) is 0 Å². The van der Waals surface area contributed by atoms with E-state index in [-0.39, 0.29) is 0 Å². The molecule has 0 aliphatic rings. The predicted octanol–water partition coefficient (Wildman–Crippen LogP) is 3.65. The summed E-state index contributed by atoms with van der Waals surface area (Å²) in [5.41, 5.74) is 2.13. The number of nitrogens with zero attached hydrogens (tertiary/aromatic N) is 2. The average molecular weight is 320 g/mol. The lowest BCUT2D eigenvalue weighted by Gasteiger charge is -2.07. The Labute approximate surface area is 122 Å². The van der Waals surface area contributed by atoms with Crippen molar-refractivity contribution in [1.82, 2.24) is 15.3 Å². The standard InChI is InChI=1S/C15H18BrN3/c1-11(2)7-17-8-12-9-18-15(19-10-12)13-4-3-5-14(16)6-13/h3-6,9-11,17H,7-8H2,1-2H3. The second-order valence-corrected chi connectivity index (χ2v) is 5.87. The van der Waals surface area contributed by atoms with Crippen molar-refractivity contribution < 1.29 is 0 Å². The van der Waals surface area contributed by atoms with E-state index in [1.807, 2.05) is 36.7 Å². The van der Waals surface area contributed by atoms with Gasteiger partial charge in [0.1, 0.15) is 0 Å². The molecular weight excluding hydrogens is 302 g/mol. The SMILES string of the molecule is CC(C)CNCc1cnc(-c2cccc(Br)c2)nc1. The lowest BCUT2D eigenvalue weighted by Crippen LogP contribution is -2.19. The van der Waals surface area contributed by atoms with Gasteiger partial charge >= 0.3 is 0 Å². The molecule has 0 atom stereocenters. The molecule has 4 heteroatoms. The fraction of sp³-hybridized carbons (Fsp3) is 0.333. The highest BCUT2D eigenvalue weighted by Gasteiger charge is 2.02. The summed E-state index contributed by atoms with van der Waals surface area (Å²) in [5, 5.41) is 3.38. The van der Waals surface area contributed by atoms with E-state index in [0.717, 1.165) is 34.5 Å². The number of hydrogen-bond donors (Lipinski definition) is 1. The van der Waals surface area contributed by atoms with Crippen LogP contribution >= 0.6 is 15.9 Å². The summed E-state index contributed by atoms with van der Waals surface area (Å²) in [7, 11) is 0. The fourth-order valence-corrected chi connectivity index (χ4v) is 2.13. The van der Waals surface area contributed by atoms with Gasteiger partial charge in [0.25, 0.3) is 0 Å². The van der Waals surface area contributed by atoms with Gasteiger partial charge < -0.3 is 5.32 Å². The highest BCUT2D eigenvalue weighted by Crippen LogP contribution is 2.19. The summed E-state index contributed by atoms with van der Waals surface area (Å²) in [4.78, 5) is 8.83. The quantitative estimate of drug-likeness (QED) is 0.914. The number of hydrogen-bond acceptors (Lipinski definition) is 3. The Bertz CT molecular complexity index is 523. The summed E-state index contributed by atoms with van der Waals surface area (Å²) in [6, 6.07) is 8.01. The monoisotopic (exact) mass is 319 g/mol. The van der Waals surface area contributed by atoms with Gasteiger partial charge in [0, 0.05) is 34.5 Å². The van der Waals surface area contributed by atoms with Gasteiger partial charge in [-0.1, -0.05) is 41.9 Å². The van der Waals surface area contributed by atoms with Gasteiger partial charge in [0.2, 0.25) is 0 Å². The van der Waals surface area contributed by atoms with Crippen LogP contribution in [-0.4, -0.2) is 16.5 Å². The summed E-state index contributed by atoms with van der Waals surface area (Å²) >= 11 is 3.46. The molecule has 2 rings (SSSR count). The maximum Gasteiger partial charge on any atom is 0.159 e. The summed E-state index contributed by atoms with van der Waals surface area (Å²) in [6.45, 7) is 6.21. The molecule has 0 aliphatic heterocycles. The van der Waals surface area contributed by atoms with E-state index in [0.29, 0.717) is 5.92 Å². The Morgan fingerprint density at radius 2 is 1.95 bits per heavy atom. The zero-order valence-electron chi connectivity index (χ0n) is 11.2. The van der Waals surface area contributed by atoms with Crippen LogP contribution in [0.2, 0.25) is 0 Å². The summed E-state index contributed by atoms with van der Waals surface area (Å²) in [6.07, 6.45) is 3.77. The Hall–Kier alpha value is -1.26. The van der Waals surface area contributed by atoms with Gasteiger partial charge in [0.15, 0.2) is 5.82 Å². The van der Waals surface area contributed by atoms with Crippen LogP contribution in [0.4, 0.5) is 0 Å². The first-order valence-corrected chi connectivity index (χ1v) is 7.22. The van der Waals surface area contributed by atoms with Crippen LogP contribution < -0.4 is 5.32 Å². The largest absolute Gasteiger partial charge is 0.312 e. The maximum absolute atomic E-state index is 4.42. The molecular formula is C15H18BrN3. The topological polar surface area (TPSA) is 37.8 Å². The minimum absolute atomic E-state index is 0.655. The first-order valence-electron chi connectivity index (χ1n) is 6.42. The Balaban J connectivity index is 2.02. The molecule has 0 spiro atoms. The molecule has 0 aliphatic carbocycles. The van der Waals surface area contributed by atoms with Gasteiger partial charge in [-0.3, -0.25) is 0 Å². The highest BCUT2D eigenvalue weighted by atomic mass is 79.9. The number of aromatic nitrogens is 2. The highest BCUT2D eigenvalue weighted by molar-refractivity contribution is 9.10. The van der Waals surface area contributed by atoms with Crippen molar-refractivity contribution >= 4 is 15.9 Å². The number of nitrogens with one attached hydrogen (secondary N) is 1. The van der Waals surface area contributed by atoms with Gasteiger partial charge in [-0.05, 0) is 24.6 Å². The molecule has 0 amide bonds. The molecule has 0 fully saturated rings. The van der Waals surface area contributed by atoms with E-state index < -0.39 is 0 Å². The molecule has 2 aromatic rings. The second kappa shape index (κ2) is 6.78. The van der Waals surface area contributed by atoms with E-state index in [9.17, 15) is 0 Å². The smallest absolute Gasteiger partial charge is 0.159 e. The summed E-state index contributed by atoms with van der Waals surface area (Å²) in [5.74, 6) is 1.41. The van der Waals surface area contributed by atoms with E-state index >= 15 is 0 Å². The zero-order valence-corrected chi connectivity index (χ0v) is 12.8. The van der Waals surface area contributed by atoms with Crippen molar-refractivity contribution in [2.45, 2.75) is 20.4 Å². The molecule has 0 saturated carbocycles. The van der Waals surface area contributed by atoms with E-state index in [2.05, 4.69) is 45.1 Å². The molecule has 100 valence electrons. The van der Waals surface area contributed by atoms with Crippen molar-refractivity contribution in [2.75, 3.05) is 6.54 Å². The van der Waals surface area contributed by atoms with Gasteiger partial charge in [-0.2, -0.15) is 0 Å². The Morgan fingerprint density at radius 3 is 2.58 bits per heavy atom. The van der Waals surface area contributed by atoms with E-state index in [1.165, 1.54) is 0 Å². The lowest BCUT2D eigenvalue weighted by atomic mass is 10.2. The van der Waals surface area contributed by atoms with Crippen molar-refractivity contribution in [3.8, 4) is 11.4 Å². The molecule has 19 heavy (non-hydrogen) atoms. The predicted molar refractivity (Wildman–Crippen MR) is 81.7 cm³/mol. The fourth-order valence-electron chi connectivity index (χ4n) is 1.73. The van der Waals surface area contributed by atoms with Crippen LogP contribution in [0.15, 0.2) is 41.1 Å². The third-order valence-corrected chi connectivity index (χ3v) is 3.16. The summed E-state index contributed by atoms with van der Waals surface area (Å²) < 4.78 is 1.04. The van der Waals surface area contributed by atoms with Crippen molar-refractivity contribution in [1.29, 1.82) is 0 Å². The Kier molecular flexibility index (Phi) is 5.05. The second-order valence-electron chi connectivity index (χ2n) is 4.95. The molecule has 0 radical (unpaired) electrons. The van der Waals surface area contributed by atoms with Crippen LogP contribution in [0.3, 0.4) is 0 Å². The molecule has 0 unspecified atom stereocenters. The molecule has 3 nitrogen and oxygen atoms in total. The minimum atomic E-state index is 0.655. The van der Waals surface area contributed by atoms with Crippen molar-refractivity contribution in [3.05, 3.63) is 46.7 Å². The van der Waals surface area contributed by atoms with Gasteiger partial charge in [-0.25, -0.2) is 9.97 Å². The normalized spacial score (nSPS) is 10.9. The molecule has 0 saturated heterocycles.